The molecule has 1 N–H and O–H groups in total. The molecule has 0 atom stereocenters. The zero-order chi connectivity index (χ0) is 18.8. The lowest BCUT2D eigenvalue weighted by atomic mass is 9.90. The summed E-state index contributed by atoms with van der Waals surface area (Å²) in [5.41, 5.74) is 1.93. The van der Waals surface area contributed by atoms with Gasteiger partial charge in [0.2, 0.25) is 11.8 Å². The molecule has 0 saturated carbocycles. The number of amides is 2. The Hall–Kier alpha value is -2.62. The maximum Gasteiger partial charge on any atom is 0.232 e. The van der Waals surface area contributed by atoms with Crippen molar-refractivity contribution < 1.29 is 9.59 Å². The Bertz CT molecular complexity index is 646. The summed E-state index contributed by atoms with van der Waals surface area (Å²) in [5.74, 6) is -0.337. The summed E-state index contributed by atoms with van der Waals surface area (Å²) in [6.07, 6.45) is 2.02. The van der Waals surface area contributed by atoms with Crippen molar-refractivity contribution in [3.8, 4) is 0 Å². The third-order valence-corrected chi connectivity index (χ3v) is 4.44. The zero-order valence-corrected chi connectivity index (χ0v) is 15.7. The number of hydrogen-bond donors (Lipinski definition) is 1. The molecule has 2 aromatic carbocycles. The van der Waals surface area contributed by atoms with E-state index in [9.17, 15) is 9.59 Å². The van der Waals surface area contributed by atoms with Gasteiger partial charge in [0.1, 0.15) is 0 Å². The van der Waals surface area contributed by atoms with Crippen molar-refractivity contribution in [3.05, 3.63) is 71.8 Å². The lowest BCUT2D eigenvalue weighted by Gasteiger charge is -2.22. The van der Waals surface area contributed by atoms with E-state index < -0.39 is 0 Å². The number of benzene rings is 2. The zero-order valence-electron chi connectivity index (χ0n) is 15.7. The van der Waals surface area contributed by atoms with Crippen LogP contribution in [0.3, 0.4) is 0 Å². The molecule has 0 heterocycles. The SMILES string of the molecule is CCCCN(CCNC(=O)C(c1ccccc1)c1ccccc1)C(C)=O. The second kappa shape index (κ2) is 10.4. The maximum atomic E-state index is 12.9. The Balaban J connectivity index is 2.04. The van der Waals surface area contributed by atoms with Gasteiger partial charge >= 0.3 is 0 Å². The molecule has 0 spiro atoms. The highest BCUT2D eigenvalue weighted by atomic mass is 16.2. The van der Waals surface area contributed by atoms with E-state index in [-0.39, 0.29) is 17.7 Å². The second-order valence-corrected chi connectivity index (χ2v) is 6.41. The van der Waals surface area contributed by atoms with Gasteiger partial charge in [-0.15, -0.1) is 0 Å². The van der Waals surface area contributed by atoms with Gasteiger partial charge in [-0.05, 0) is 17.5 Å². The molecule has 0 saturated heterocycles. The molecular formula is C22H28N2O2. The average molecular weight is 352 g/mol. The van der Waals surface area contributed by atoms with Gasteiger partial charge in [-0.2, -0.15) is 0 Å². The topological polar surface area (TPSA) is 49.4 Å². The van der Waals surface area contributed by atoms with Crippen LogP contribution in [0.25, 0.3) is 0 Å². The van der Waals surface area contributed by atoms with Crippen LogP contribution in [-0.2, 0) is 9.59 Å². The van der Waals surface area contributed by atoms with Crippen molar-refractivity contribution in [2.45, 2.75) is 32.6 Å². The third-order valence-electron chi connectivity index (χ3n) is 4.44. The predicted molar refractivity (Wildman–Crippen MR) is 105 cm³/mol. The van der Waals surface area contributed by atoms with Crippen LogP contribution >= 0.6 is 0 Å². The summed E-state index contributed by atoms with van der Waals surface area (Å²) >= 11 is 0. The average Bonchev–Trinajstić information content (AvgIpc) is 2.66. The summed E-state index contributed by atoms with van der Waals surface area (Å²) in [7, 11) is 0. The molecule has 2 aromatic rings. The van der Waals surface area contributed by atoms with Crippen LogP contribution in [-0.4, -0.2) is 36.3 Å². The fourth-order valence-electron chi connectivity index (χ4n) is 2.98. The number of nitrogens with zero attached hydrogens (tertiary/aromatic N) is 1. The Kier molecular flexibility index (Phi) is 7.87. The predicted octanol–water partition coefficient (Wildman–Crippen LogP) is 3.58. The van der Waals surface area contributed by atoms with Gasteiger partial charge < -0.3 is 10.2 Å². The van der Waals surface area contributed by atoms with Crippen molar-refractivity contribution in [1.82, 2.24) is 10.2 Å². The van der Waals surface area contributed by atoms with Crippen molar-refractivity contribution >= 4 is 11.8 Å². The van der Waals surface area contributed by atoms with Gasteiger partial charge in [0.05, 0.1) is 5.92 Å². The number of carbonyl (C=O) groups excluding carboxylic acids is 2. The van der Waals surface area contributed by atoms with E-state index in [2.05, 4.69) is 12.2 Å². The number of rotatable bonds is 9. The second-order valence-electron chi connectivity index (χ2n) is 6.41. The lowest BCUT2D eigenvalue weighted by Crippen LogP contribution is -2.39. The molecule has 4 heteroatoms. The highest BCUT2D eigenvalue weighted by Gasteiger charge is 2.22. The molecule has 138 valence electrons. The van der Waals surface area contributed by atoms with Crippen LogP contribution in [0.15, 0.2) is 60.7 Å². The van der Waals surface area contributed by atoms with Crippen molar-refractivity contribution in [3.63, 3.8) is 0 Å². The van der Waals surface area contributed by atoms with E-state index >= 15 is 0 Å². The molecule has 26 heavy (non-hydrogen) atoms. The molecule has 0 fully saturated rings. The Morgan fingerprint density at radius 2 is 1.46 bits per heavy atom. The van der Waals surface area contributed by atoms with Gasteiger partial charge in [-0.3, -0.25) is 9.59 Å². The minimum Gasteiger partial charge on any atom is -0.354 e. The normalized spacial score (nSPS) is 10.6. The van der Waals surface area contributed by atoms with E-state index in [1.807, 2.05) is 60.7 Å². The van der Waals surface area contributed by atoms with Crippen molar-refractivity contribution in [2.24, 2.45) is 0 Å². The monoisotopic (exact) mass is 352 g/mol. The first-order chi connectivity index (χ1) is 12.6. The molecule has 0 aliphatic heterocycles. The van der Waals surface area contributed by atoms with Crippen LogP contribution in [0.4, 0.5) is 0 Å². The summed E-state index contributed by atoms with van der Waals surface area (Å²) in [4.78, 5) is 26.4. The molecule has 0 bridgehead atoms. The Morgan fingerprint density at radius 3 is 1.92 bits per heavy atom. The van der Waals surface area contributed by atoms with Crippen molar-refractivity contribution in [2.75, 3.05) is 19.6 Å². The largest absolute Gasteiger partial charge is 0.354 e. The number of nitrogens with one attached hydrogen (secondary N) is 1. The van der Waals surface area contributed by atoms with E-state index in [1.165, 1.54) is 0 Å². The number of carbonyl (C=O) groups is 2. The number of unbranched alkanes of at least 4 members (excludes halogenated alkanes) is 1. The molecule has 2 amide bonds. The van der Waals surface area contributed by atoms with Crippen LogP contribution in [0.1, 0.15) is 43.7 Å². The first kappa shape index (κ1) is 19.7. The first-order valence-electron chi connectivity index (χ1n) is 9.26. The summed E-state index contributed by atoms with van der Waals surface area (Å²) in [5, 5.41) is 3.01. The van der Waals surface area contributed by atoms with Gasteiger partial charge in [0, 0.05) is 26.6 Å². The molecule has 0 aliphatic rings. The molecule has 0 radical (unpaired) electrons. The first-order valence-corrected chi connectivity index (χ1v) is 9.26. The summed E-state index contributed by atoms with van der Waals surface area (Å²) < 4.78 is 0. The molecule has 0 aromatic heterocycles. The minimum atomic E-state index is -0.348. The Morgan fingerprint density at radius 1 is 0.923 bits per heavy atom. The summed E-state index contributed by atoms with van der Waals surface area (Å²) in [6.45, 7) is 5.41. The van der Waals surface area contributed by atoms with E-state index in [0.29, 0.717) is 13.1 Å². The Labute approximate surface area is 156 Å². The molecule has 0 unspecified atom stereocenters. The van der Waals surface area contributed by atoms with Gasteiger partial charge in [-0.1, -0.05) is 74.0 Å². The standard InChI is InChI=1S/C22H28N2O2/c1-3-4-16-24(18(2)25)17-15-23-22(26)21(19-11-7-5-8-12-19)20-13-9-6-10-14-20/h5-14,21H,3-4,15-17H2,1-2H3,(H,23,26). The van der Waals surface area contributed by atoms with Crippen LogP contribution < -0.4 is 5.32 Å². The molecule has 4 nitrogen and oxygen atoms in total. The van der Waals surface area contributed by atoms with Crippen LogP contribution in [0.5, 0.6) is 0 Å². The lowest BCUT2D eigenvalue weighted by molar-refractivity contribution is -0.129. The van der Waals surface area contributed by atoms with Crippen LogP contribution in [0, 0.1) is 0 Å². The summed E-state index contributed by atoms with van der Waals surface area (Å²) in [6, 6.07) is 19.6. The van der Waals surface area contributed by atoms with Gasteiger partial charge in [0.15, 0.2) is 0 Å². The van der Waals surface area contributed by atoms with E-state index in [0.717, 1.165) is 30.5 Å². The quantitative estimate of drug-likeness (QED) is 0.750. The number of hydrogen-bond acceptors (Lipinski definition) is 2. The molecule has 2 rings (SSSR count). The fraction of sp³-hybridized carbons (Fsp3) is 0.364. The highest BCUT2D eigenvalue weighted by Crippen LogP contribution is 2.24. The minimum absolute atomic E-state index is 0.0404. The molecule has 0 aliphatic carbocycles. The maximum absolute atomic E-state index is 12.9. The fourth-order valence-corrected chi connectivity index (χ4v) is 2.98. The smallest absolute Gasteiger partial charge is 0.232 e. The van der Waals surface area contributed by atoms with Gasteiger partial charge in [-0.25, -0.2) is 0 Å². The van der Waals surface area contributed by atoms with E-state index in [1.54, 1.807) is 11.8 Å². The van der Waals surface area contributed by atoms with Gasteiger partial charge in [0.25, 0.3) is 0 Å². The highest BCUT2D eigenvalue weighted by molar-refractivity contribution is 5.87. The van der Waals surface area contributed by atoms with Crippen molar-refractivity contribution in [1.29, 1.82) is 0 Å². The van der Waals surface area contributed by atoms with Crippen LogP contribution in [0.2, 0.25) is 0 Å². The molecular weight excluding hydrogens is 324 g/mol. The third kappa shape index (κ3) is 5.73. The van der Waals surface area contributed by atoms with E-state index in [4.69, 9.17) is 0 Å².